The fourth-order valence-corrected chi connectivity index (χ4v) is 2.08. The molecule has 0 saturated heterocycles. The molecule has 0 aliphatic rings. The van der Waals surface area contributed by atoms with Crippen LogP contribution >= 0.6 is 23.2 Å². The zero-order valence-electron chi connectivity index (χ0n) is 9.64. The van der Waals surface area contributed by atoms with Crippen LogP contribution in [0.3, 0.4) is 0 Å². The summed E-state index contributed by atoms with van der Waals surface area (Å²) in [6.45, 7) is 0. The summed E-state index contributed by atoms with van der Waals surface area (Å²) in [7, 11) is 0. The first-order chi connectivity index (χ1) is 9.24. The van der Waals surface area contributed by atoms with Gasteiger partial charge in [-0.3, -0.25) is 4.98 Å². The molecule has 0 amide bonds. The Balaban J connectivity index is 2.08. The van der Waals surface area contributed by atoms with Crippen molar-refractivity contribution in [1.29, 1.82) is 0 Å². The Morgan fingerprint density at radius 1 is 0.947 bits per heavy atom. The minimum Gasteiger partial charge on any atom is -0.352 e. The van der Waals surface area contributed by atoms with Crippen LogP contribution < -0.4 is 5.32 Å². The second-order valence-corrected chi connectivity index (χ2v) is 4.62. The van der Waals surface area contributed by atoms with E-state index in [1.807, 2.05) is 30.3 Å². The number of hydrogen-bond donors (Lipinski definition) is 1. The molecule has 0 radical (unpaired) electrons. The molecular weight excluding hydrogens is 283 g/mol. The van der Waals surface area contributed by atoms with E-state index in [1.165, 1.54) is 0 Å². The van der Waals surface area contributed by atoms with Gasteiger partial charge >= 0.3 is 0 Å². The normalized spacial score (nSPS) is 10.6. The number of anilines is 2. The van der Waals surface area contributed by atoms with Crippen LogP contribution in [0.1, 0.15) is 0 Å². The van der Waals surface area contributed by atoms with Crippen molar-refractivity contribution >= 4 is 45.5 Å². The highest BCUT2D eigenvalue weighted by Gasteiger charge is 2.07. The van der Waals surface area contributed by atoms with Crippen LogP contribution in [-0.4, -0.2) is 15.2 Å². The minimum atomic E-state index is 0.269. The number of fused-ring (bicyclic) bond motifs is 1. The summed E-state index contributed by atoms with van der Waals surface area (Å²) in [6, 6.07) is 11.3. The average Bonchev–Trinajstić information content (AvgIpc) is 2.43. The maximum atomic E-state index is 5.99. The maximum absolute atomic E-state index is 5.99. The highest BCUT2D eigenvalue weighted by molar-refractivity contribution is 6.33. The Bertz CT molecular complexity index is 740. The first kappa shape index (κ1) is 12.1. The molecule has 0 bridgehead atoms. The highest BCUT2D eigenvalue weighted by atomic mass is 35.5. The number of pyridine rings is 1. The zero-order valence-corrected chi connectivity index (χ0v) is 11.2. The molecule has 19 heavy (non-hydrogen) atoms. The van der Waals surface area contributed by atoms with Gasteiger partial charge in [0.2, 0.25) is 0 Å². The second-order valence-electron chi connectivity index (χ2n) is 3.87. The van der Waals surface area contributed by atoms with Crippen molar-refractivity contribution in [2.24, 2.45) is 0 Å². The van der Waals surface area contributed by atoms with Crippen LogP contribution in [-0.2, 0) is 0 Å². The van der Waals surface area contributed by atoms with E-state index in [0.717, 1.165) is 16.6 Å². The van der Waals surface area contributed by atoms with Crippen LogP contribution in [0, 0.1) is 0 Å². The molecule has 94 valence electrons. The largest absolute Gasteiger partial charge is 0.352 e. The van der Waals surface area contributed by atoms with Gasteiger partial charge in [-0.1, -0.05) is 29.3 Å². The van der Waals surface area contributed by atoms with Crippen molar-refractivity contribution in [2.45, 2.75) is 0 Å². The molecule has 0 aliphatic heterocycles. The Morgan fingerprint density at radius 2 is 1.84 bits per heavy atom. The van der Waals surface area contributed by atoms with Gasteiger partial charge in [0.25, 0.3) is 0 Å². The molecule has 0 unspecified atom stereocenters. The number of nitrogens with one attached hydrogen (secondary N) is 1. The lowest BCUT2D eigenvalue weighted by atomic mass is 10.2. The SMILES string of the molecule is Clc1cc(Nc2cccc3ncccc23)c(Cl)nn1. The smallest absolute Gasteiger partial charge is 0.175 e. The molecule has 0 spiro atoms. The molecule has 2 aromatic heterocycles. The summed E-state index contributed by atoms with van der Waals surface area (Å²) < 4.78 is 0. The van der Waals surface area contributed by atoms with Crippen molar-refractivity contribution in [2.75, 3.05) is 5.32 Å². The molecule has 0 aliphatic carbocycles. The summed E-state index contributed by atoms with van der Waals surface area (Å²) in [6.07, 6.45) is 1.75. The van der Waals surface area contributed by atoms with Crippen LogP contribution in [0.15, 0.2) is 42.6 Å². The summed E-state index contributed by atoms with van der Waals surface area (Å²) >= 11 is 11.8. The van der Waals surface area contributed by atoms with Crippen LogP contribution in [0.5, 0.6) is 0 Å². The van der Waals surface area contributed by atoms with E-state index < -0.39 is 0 Å². The second kappa shape index (κ2) is 4.99. The number of hydrogen-bond acceptors (Lipinski definition) is 4. The number of aromatic nitrogens is 3. The van der Waals surface area contributed by atoms with Crippen molar-refractivity contribution < 1.29 is 0 Å². The van der Waals surface area contributed by atoms with E-state index in [4.69, 9.17) is 23.2 Å². The molecule has 2 heterocycles. The lowest BCUT2D eigenvalue weighted by Crippen LogP contribution is -1.96. The van der Waals surface area contributed by atoms with E-state index in [1.54, 1.807) is 12.3 Å². The quantitative estimate of drug-likeness (QED) is 0.773. The standard InChI is InChI=1S/C13H8Cl2N4/c14-12-7-11(13(15)19-18-12)17-10-5-1-4-9-8(10)3-2-6-16-9/h1-7H,(H,17,18). The van der Waals surface area contributed by atoms with Crippen LogP contribution in [0.25, 0.3) is 10.9 Å². The van der Waals surface area contributed by atoms with E-state index in [0.29, 0.717) is 5.69 Å². The van der Waals surface area contributed by atoms with Gasteiger partial charge in [-0.15, -0.1) is 10.2 Å². The lowest BCUT2D eigenvalue weighted by Gasteiger charge is -2.10. The van der Waals surface area contributed by atoms with Crippen molar-refractivity contribution in [3.05, 3.63) is 52.9 Å². The van der Waals surface area contributed by atoms with Gasteiger partial charge in [0.1, 0.15) is 0 Å². The first-order valence-electron chi connectivity index (χ1n) is 5.53. The van der Waals surface area contributed by atoms with Gasteiger partial charge < -0.3 is 5.32 Å². The first-order valence-corrected chi connectivity index (χ1v) is 6.29. The fourth-order valence-electron chi connectivity index (χ4n) is 1.80. The van der Waals surface area contributed by atoms with Gasteiger partial charge in [-0.2, -0.15) is 0 Å². The van der Waals surface area contributed by atoms with Gasteiger partial charge in [0, 0.05) is 23.3 Å². The van der Waals surface area contributed by atoms with Crippen LogP contribution in [0.2, 0.25) is 10.3 Å². The van der Waals surface area contributed by atoms with E-state index >= 15 is 0 Å². The topological polar surface area (TPSA) is 50.7 Å². The highest BCUT2D eigenvalue weighted by Crippen LogP contribution is 2.29. The Morgan fingerprint density at radius 3 is 2.74 bits per heavy atom. The monoisotopic (exact) mass is 290 g/mol. The summed E-state index contributed by atoms with van der Waals surface area (Å²) in [5, 5.41) is 12.2. The summed E-state index contributed by atoms with van der Waals surface area (Å²) in [4.78, 5) is 4.30. The predicted octanol–water partition coefficient (Wildman–Crippen LogP) is 4.08. The predicted molar refractivity (Wildman–Crippen MR) is 77.1 cm³/mol. The molecule has 0 fully saturated rings. The molecule has 3 aromatic rings. The van der Waals surface area contributed by atoms with Gasteiger partial charge in [-0.25, -0.2) is 0 Å². The van der Waals surface area contributed by atoms with Gasteiger partial charge in [-0.05, 0) is 24.3 Å². The van der Waals surface area contributed by atoms with Crippen LogP contribution in [0.4, 0.5) is 11.4 Å². The molecule has 0 atom stereocenters. The van der Waals surface area contributed by atoms with Crippen molar-refractivity contribution in [3.8, 4) is 0 Å². The number of rotatable bonds is 2. The van der Waals surface area contributed by atoms with Crippen molar-refractivity contribution in [1.82, 2.24) is 15.2 Å². The third-order valence-corrected chi connectivity index (χ3v) is 3.10. The molecule has 4 nitrogen and oxygen atoms in total. The summed E-state index contributed by atoms with van der Waals surface area (Å²) in [5.41, 5.74) is 2.39. The van der Waals surface area contributed by atoms with E-state index in [9.17, 15) is 0 Å². The van der Waals surface area contributed by atoms with Gasteiger partial charge in [0.05, 0.1) is 11.2 Å². The molecular formula is C13H8Cl2N4. The summed E-state index contributed by atoms with van der Waals surface area (Å²) in [5.74, 6) is 0. The number of halogens is 2. The Hall–Kier alpha value is -1.91. The zero-order chi connectivity index (χ0) is 13.2. The molecule has 1 N–H and O–H groups in total. The molecule has 1 aromatic carbocycles. The Labute approximate surface area is 119 Å². The fraction of sp³-hybridized carbons (Fsp3) is 0. The lowest BCUT2D eigenvalue weighted by molar-refractivity contribution is 1.03. The van der Waals surface area contributed by atoms with E-state index in [-0.39, 0.29) is 10.3 Å². The third kappa shape index (κ3) is 2.45. The third-order valence-electron chi connectivity index (χ3n) is 2.63. The van der Waals surface area contributed by atoms with E-state index in [2.05, 4.69) is 20.5 Å². The van der Waals surface area contributed by atoms with Crippen molar-refractivity contribution in [3.63, 3.8) is 0 Å². The minimum absolute atomic E-state index is 0.269. The molecule has 3 rings (SSSR count). The van der Waals surface area contributed by atoms with Gasteiger partial charge in [0.15, 0.2) is 10.3 Å². The number of benzene rings is 1. The molecule has 0 saturated carbocycles. The maximum Gasteiger partial charge on any atom is 0.175 e. The Kier molecular flexibility index (Phi) is 3.19. The number of nitrogens with zero attached hydrogens (tertiary/aromatic N) is 3. The average molecular weight is 291 g/mol. The molecule has 6 heteroatoms.